The van der Waals surface area contributed by atoms with Gasteiger partial charge in [0.1, 0.15) is 0 Å². The summed E-state index contributed by atoms with van der Waals surface area (Å²) >= 11 is 5.77. The first-order valence-corrected chi connectivity index (χ1v) is 8.77. The van der Waals surface area contributed by atoms with Crippen LogP contribution in [-0.4, -0.2) is 32.3 Å². The molecule has 0 unspecified atom stereocenters. The van der Waals surface area contributed by atoms with Crippen molar-refractivity contribution in [3.8, 4) is 17.1 Å². The molecule has 2 aromatic carbocycles. The number of rotatable bonds is 4. The van der Waals surface area contributed by atoms with Crippen molar-refractivity contribution in [1.82, 2.24) is 19.2 Å². The molecular formula is C19H20N4S. The molecule has 0 spiro atoms. The van der Waals surface area contributed by atoms with Crippen molar-refractivity contribution in [3.63, 3.8) is 0 Å². The largest absolute Gasteiger partial charge is 0.284 e. The topological polar surface area (TPSA) is 26.0 Å². The minimum atomic E-state index is 0.743. The van der Waals surface area contributed by atoms with Gasteiger partial charge in [0.15, 0.2) is 5.82 Å². The molecule has 4 nitrogen and oxygen atoms in total. The summed E-state index contributed by atoms with van der Waals surface area (Å²) in [7, 11) is 0. The molecule has 0 amide bonds. The molecule has 5 heteroatoms. The van der Waals surface area contributed by atoms with Crippen LogP contribution in [0.2, 0.25) is 0 Å². The molecule has 4 rings (SSSR count). The highest BCUT2D eigenvalue weighted by Crippen LogP contribution is 2.23. The van der Waals surface area contributed by atoms with Gasteiger partial charge in [0.05, 0.1) is 6.67 Å². The molecule has 3 aromatic rings. The first-order valence-electron chi connectivity index (χ1n) is 8.36. The minimum absolute atomic E-state index is 0.743. The smallest absolute Gasteiger partial charge is 0.204 e. The highest BCUT2D eigenvalue weighted by Gasteiger charge is 2.17. The molecule has 1 fully saturated rings. The summed E-state index contributed by atoms with van der Waals surface area (Å²) in [5, 5.41) is 4.85. The summed E-state index contributed by atoms with van der Waals surface area (Å²) < 4.78 is 4.77. The van der Waals surface area contributed by atoms with E-state index in [0.717, 1.165) is 41.6 Å². The number of hydrogen-bond donors (Lipinski definition) is 0. The van der Waals surface area contributed by atoms with E-state index < -0.39 is 0 Å². The second kappa shape index (κ2) is 6.71. The lowest BCUT2D eigenvalue weighted by molar-refractivity contribution is 0.253. The Morgan fingerprint density at radius 2 is 1.50 bits per heavy atom. The monoisotopic (exact) mass is 336 g/mol. The molecule has 1 aromatic heterocycles. The first kappa shape index (κ1) is 15.3. The van der Waals surface area contributed by atoms with Gasteiger partial charge in [0.25, 0.3) is 0 Å². The molecule has 2 heterocycles. The van der Waals surface area contributed by atoms with Crippen molar-refractivity contribution < 1.29 is 0 Å². The molecule has 1 aliphatic heterocycles. The van der Waals surface area contributed by atoms with Gasteiger partial charge in [0.2, 0.25) is 4.77 Å². The second-order valence-electron chi connectivity index (χ2n) is 6.11. The maximum atomic E-state index is 5.77. The Morgan fingerprint density at radius 1 is 0.875 bits per heavy atom. The predicted molar refractivity (Wildman–Crippen MR) is 98.6 cm³/mol. The molecule has 0 atom stereocenters. The SMILES string of the molecule is S=c1n(CN2CCCC2)nc(-c2ccccc2)n1-c1ccccc1. The van der Waals surface area contributed by atoms with Crippen LogP contribution in [0.3, 0.4) is 0 Å². The Balaban J connectivity index is 1.83. The van der Waals surface area contributed by atoms with Gasteiger partial charge in [-0.05, 0) is 50.3 Å². The van der Waals surface area contributed by atoms with E-state index >= 15 is 0 Å². The highest BCUT2D eigenvalue weighted by molar-refractivity contribution is 7.71. The zero-order chi connectivity index (χ0) is 16.4. The summed E-state index contributed by atoms with van der Waals surface area (Å²) in [5.74, 6) is 0.894. The average Bonchev–Trinajstić information content (AvgIpc) is 3.25. The first-order chi connectivity index (χ1) is 11.8. The molecule has 24 heavy (non-hydrogen) atoms. The fraction of sp³-hybridized carbons (Fsp3) is 0.263. The van der Waals surface area contributed by atoms with Gasteiger partial charge in [-0.1, -0.05) is 48.5 Å². The van der Waals surface area contributed by atoms with E-state index in [1.807, 2.05) is 41.1 Å². The van der Waals surface area contributed by atoms with Crippen molar-refractivity contribution in [2.24, 2.45) is 0 Å². The van der Waals surface area contributed by atoms with Gasteiger partial charge in [0, 0.05) is 11.3 Å². The zero-order valence-corrected chi connectivity index (χ0v) is 14.3. The lowest BCUT2D eigenvalue weighted by atomic mass is 10.2. The molecule has 1 aliphatic rings. The van der Waals surface area contributed by atoms with Gasteiger partial charge in [-0.25, -0.2) is 4.68 Å². The van der Waals surface area contributed by atoms with Crippen molar-refractivity contribution in [2.75, 3.05) is 13.1 Å². The summed E-state index contributed by atoms with van der Waals surface area (Å²) in [6.45, 7) is 3.01. The quantitative estimate of drug-likeness (QED) is 0.670. The summed E-state index contributed by atoms with van der Waals surface area (Å²) in [6, 6.07) is 20.5. The molecule has 1 saturated heterocycles. The van der Waals surface area contributed by atoms with Crippen LogP contribution in [0.5, 0.6) is 0 Å². The molecule has 0 aliphatic carbocycles. The van der Waals surface area contributed by atoms with Crippen molar-refractivity contribution in [1.29, 1.82) is 0 Å². The maximum Gasteiger partial charge on any atom is 0.204 e. The van der Waals surface area contributed by atoms with Crippen LogP contribution in [0.4, 0.5) is 0 Å². The maximum absolute atomic E-state index is 5.77. The molecule has 0 bridgehead atoms. The lowest BCUT2D eigenvalue weighted by Crippen LogP contribution is -2.23. The fourth-order valence-electron chi connectivity index (χ4n) is 3.20. The Hall–Kier alpha value is -2.24. The summed E-state index contributed by atoms with van der Waals surface area (Å²) in [5.41, 5.74) is 2.13. The van der Waals surface area contributed by atoms with Crippen LogP contribution in [0.25, 0.3) is 17.1 Å². The third-order valence-corrected chi connectivity index (χ3v) is 4.81. The van der Waals surface area contributed by atoms with E-state index in [0.29, 0.717) is 0 Å². The highest BCUT2D eigenvalue weighted by atomic mass is 32.1. The molecular weight excluding hydrogens is 316 g/mol. The Bertz CT molecular complexity index is 861. The van der Waals surface area contributed by atoms with Crippen LogP contribution in [0, 0.1) is 4.77 Å². The van der Waals surface area contributed by atoms with Crippen LogP contribution >= 0.6 is 12.2 Å². The van der Waals surface area contributed by atoms with Crippen molar-refractivity contribution in [3.05, 3.63) is 65.4 Å². The predicted octanol–water partition coefficient (Wildman–Crippen LogP) is 4.12. The van der Waals surface area contributed by atoms with E-state index in [-0.39, 0.29) is 0 Å². The number of hydrogen-bond acceptors (Lipinski definition) is 3. The van der Waals surface area contributed by atoms with E-state index in [2.05, 4.69) is 33.7 Å². The van der Waals surface area contributed by atoms with Gasteiger partial charge in [-0.2, -0.15) is 0 Å². The zero-order valence-electron chi connectivity index (χ0n) is 13.5. The molecule has 0 saturated carbocycles. The third-order valence-electron chi connectivity index (χ3n) is 4.42. The molecule has 0 N–H and O–H groups in total. The number of likely N-dealkylation sites (tertiary alicyclic amines) is 1. The van der Waals surface area contributed by atoms with Crippen molar-refractivity contribution >= 4 is 12.2 Å². The lowest BCUT2D eigenvalue weighted by Gasteiger charge is -2.13. The number of aromatic nitrogens is 3. The molecule has 122 valence electrons. The van der Waals surface area contributed by atoms with Crippen LogP contribution in [-0.2, 0) is 6.67 Å². The van der Waals surface area contributed by atoms with Gasteiger partial charge in [-0.3, -0.25) is 9.47 Å². The Labute approximate surface area is 147 Å². The number of nitrogens with zero attached hydrogens (tertiary/aromatic N) is 4. The van der Waals surface area contributed by atoms with Gasteiger partial charge in [-0.15, -0.1) is 5.10 Å². The van der Waals surface area contributed by atoms with E-state index in [1.54, 1.807) is 0 Å². The van der Waals surface area contributed by atoms with E-state index in [1.165, 1.54) is 12.8 Å². The molecule has 0 radical (unpaired) electrons. The summed E-state index contributed by atoms with van der Waals surface area (Å²) in [6.07, 6.45) is 2.52. The fourth-order valence-corrected chi connectivity index (χ4v) is 3.49. The Morgan fingerprint density at radius 3 is 2.17 bits per heavy atom. The van der Waals surface area contributed by atoms with E-state index in [9.17, 15) is 0 Å². The standard InChI is InChI=1S/C19H20N4S/c24-19-22(15-21-13-7-8-14-21)20-18(16-9-3-1-4-10-16)23(19)17-11-5-2-6-12-17/h1-6,9-12H,7-8,13-15H2. The average molecular weight is 336 g/mol. The van der Waals surface area contributed by atoms with Crippen molar-refractivity contribution in [2.45, 2.75) is 19.5 Å². The Kier molecular flexibility index (Phi) is 4.28. The second-order valence-corrected chi connectivity index (χ2v) is 6.47. The number of benzene rings is 2. The minimum Gasteiger partial charge on any atom is -0.284 e. The van der Waals surface area contributed by atoms with Crippen LogP contribution in [0.15, 0.2) is 60.7 Å². The van der Waals surface area contributed by atoms with Gasteiger partial charge < -0.3 is 0 Å². The van der Waals surface area contributed by atoms with E-state index in [4.69, 9.17) is 17.3 Å². The van der Waals surface area contributed by atoms with Crippen LogP contribution < -0.4 is 0 Å². The van der Waals surface area contributed by atoms with Gasteiger partial charge >= 0.3 is 0 Å². The third kappa shape index (κ3) is 2.92. The van der Waals surface area contributed by atoms with Crippen LogP contribution in [0.1, 0.15) is 12.8 Å². The number of para-hydroxylation sites is 1. The normalized spacial score (nSPS) is 15.0. The summed E-state index contributed by atoms with van der Waals surface area (Å²) in [4.78, 5) is 2.41.